The van der Waals surface area contributed by atoms with Crippen LogP contribution in [0.25, 0.3) is 10.9 Å². The molecular formula is C13H11ClN2O2. The second-order valence-corrected chi connectivity index (χ2v) is 4.82. The van der Waals surface area contributed by atoms with Gasteiger partial charge in [-0.1, -0.05) is 29.8 Å². The maximum absolute atomic E-state index is 10.8. The normalized spacial score (nSPS) is 15.7. The summed E-state index contributed by atoms with van der Waals surface area (Å²) in [6, 6.07) is 9.64. The van der Waals surface area contributed by atoms with E-state index in [0.29, 0.717) is 18.2 Å². The van der Waals surface area contributed by atoms with Crippen LogP contribution >= 0.6 is 11.6 Å². The Morgan fingerprint density at radius 2 is 2.11 bits per heavy atom. The molecule has 2 aromatic rings. The highest BCUT2D eigenvalue weighted by atomic mass is 35.5. The smallest absolute Gasteiger partial charge is 0.407 e. The van der Waals surface area contributed by atoms with Gasteiger partial charge >= 0.3 is 6.09 Å². The first-order valence-electron chi connectivity index (χ1n) is 5.68. The van der Waals surface area contributed by atoms with Crippen LogP contribution < -0.4 is 0 Å². The van der Waals surface area contributed by atoms with Crippen molar-refractivity contribution < 1.29 is 9.90 Å². The standard InChI is InChI=1S/C13H11ClN2O2/c14-11-5-4-8-2-1-3-10(12(8)15-11)9-6-16(7-9)13(17)18/h1-5,9H,6-7H2,(H,17,18). The minimum Gasteiger partial charge on any atom is -0.465 e. The Morgan fingerprint density at radius 3 is 2.83 bits per heavy atom. The SMILES string of the molecule is O=C(O)N1CC(c2cccc3ccc(Cl)nc23)C1. The fourth-order valence-corrected chi connectivity index (χ4v) is 2.45. The maximum Gasteiger partial charge on any atom is 0.407 e. The van der Waals surface area contributed by atoms with Crippen molar-refractivity contribution in [2.45, 2.75) is 5.92 Å². The molecule has 1 aromatic heterocycles. The molecular weight excluding hydrogens is 252 g/mol. The molecule has 18 heavy (non-hydrogen) atoms. The molecule has 5 heteroatoms. The van der Waals surface area contributed by atoms with E-state index in [0.717, 1.165) is 16.5 Å². The highest BCUT2D eigenvalue weighted by Gasteiger charge is 2.32. The molecule has 1 aliphatic rings. The molecule has 0 unspecified atom stereocenters. The number of fused-ring (bicyclic) bond motifs is 1. The molecule has 4 nitrogen and oxygen atoms in total. The summed E-state index contributed by atoms with van der Waals surface area (Å²) in [4.78, 5) is 16.5. The number of pyridine rings is 1. The summed E-state index contributed by atoms with van der Waals surface area (Å²) in [5.41, 5.74) is 1.95. The van der Waals surface area contributed by atoms with Crippen LogP contribution in [0.5, 0.6) is 0 Å². The number of carbonyl (C=O) groups is 1. The first kappa shape index (κ1) is 11.3. The second kappa shape index (κ2) is 4.14. The second-order valence-electron chi connectivity index (χ2n) is 4.44. The highest BCUT2D eigenvalue weighted by Crippen LogP contribution is 2.31. The van der Waals surface area contributed by atoms with Gasteiger partial charge in [0.15, 0.2) is 0 Å². The molecule has 1 N–H and O–H groups in total. The van der Waals surface area contributed by atoms with Crippen molar-refractivity contribution in [2.24, 2.45) is 0 Å². The number of para-hydroxylation sites is 1. The van der Waals surface area contributed by atoms with E-state index in [9.17, 15) is 4.79 Å². The lowest BCUT2D eigenvalue weighted by molar-refractivity contribution is 0.106. The zero-order chi connectivity index (χ0) is 12.7. The Hall–Kier alpha value is -1.81. The van der Waals surface area contributed by atoms with Crippen LogP contribution in [0.4, 0.5) is 4.79 Å². The van der Waals surface area contributed by atoms with Gasteiger partial charge in [0.05, 0.1) is 5.52 Å². The highest BCUT2D eigenvalue weighted by molar-refractivity contribution is 6.29. The monoisotopic (exact) mass is 262 g/mol. The van der Waals surface area contributed by atoms with Crippen LogP contribution in [0.1, 0.15) is 11.5 Å². The fourth-order valence-electron chi connectivity index (χ4n) is 2.31. The van der Waals surface area contributed by atoms with Crippen molar-refractivity contribution in [1.82, 2.24) is 9.88 Å². The molecule has 0 bridgehead atoms. The van der Waals surface area contributed by atoms with Crippen LogP contribution in [0.15, 0.2) is 30.3 Å². The van der Waals surface area contributed by atoms with Crippen molar-refractivity contribution >= 4 is 28.6 Å². The number of carboxylic acid groups (broad SMARTS) is 1. The predicted octanol–water partition coefficient (Wildman–Crippen LogP) is 2.97. The zero-order valence-corrected chi connectivity index (χ0v) is 10.3. The molecule has 0 aliphatic carbocycles. The Kier molecular flexibility index (Phi) is 2.59. The number of hydrogen-bond donors (Lipinski definition) is 1. The van der Waals surface area contributed by atoms with Crippen LogP contribution in [0.2, 0.25) is 5.15 Å². The summed E-state index contributed by atoms with van der Waals surface area (Å²) < 4.78 is 0. The topological polar surface area (TPSA) is 53.4 Å². The van der Waals surface area contributed by atoms with E-state index in [-0.39, 0.29) is 5.92 Å². The van der Waals surface area contributed by atoms with Crippen LogP contribution in [0.3, 0.4) is 0 Å². The van der Waals surface area contributed by atoms with Gasteiger partial charge in [-0.3, -0.25) is 0 Å². The third-order valence-corrected chi connectivity index (χ3v) is 3.52. The lowest BCUT2D eigenvalue weighted by atomic mass is 9.90. The molecule has 2 heterocycles. The average molecular weight is 263 g/mol. The fraction of sp³-hybridized carbons (Fsp3) is 0.231. The van der Waals surface area contributed by atoms with E-state index in [1.807, 2.05) is 24.3 Å². The minimum atomic E-state index is -0.863. The molecule has 92 valence electrons. The van der Waals surface area contributed by atoms with Crippen LogP contribution in [-0.4, -0.2) is 34.2 Å². The van der Waals surface area contributed by atoms with E-state index in [2.05, 4.69) is 4.98 Å². The van der Waals surface area contributed by atoms with Crippen molar-refractivity contribution in [3.63, 3.8) is 0 Å². The molecule has 0 spiro atoms. The molecule has 1 aromatic carbocycles. The third kappa shape index (κ3) is 1.78. The van der Waals surface area contributed by atoms with E-state index in [4.69, 9.17) is 16.7 Å². The zero-order valence-electron chi connectivity index (χ0n) is 9.51. The van der Waals surface area contributed by atoms with Gasteiger partial charge in [0, 0.05) is 24.4 Å². The van der Waals surface area contributed by atoms with Gasteiger partial charge < -0.3 is 10.0 Å². The molecule has 3 rings (SSSR count). The van der Waals surface area contributed by atoms with Crippen molar-refractivity contribution in [1.29, 1.82) is 0 Å². The molecule has 1 saturated heterocycles. The number of aromatic nitrogens is 1. The summed E-state index contributed by atoms with van der Waals surface area (Å²) in [5, 5.41) is 10.3. The van der Waals surface area contributed by atoms with Crippen molar-refractivity contribution in [2.75, 3.05) is 13.1 Å². The largest absolute Gasteiger partial charge is 0.465 e. The first-order chi connectivity index (χ1) is 8.65. The summed E-state index contributed by atoms with van der Waals surface area (Å²) >= 11 is 5.92. The van der Waals surface area contributed by atoms with Gasteiger partial charge in [0.1, 0.15) is 5.15 Å². The average Bonchev–Trinajstić information content (AvgIpc) is 2.27. The lowest BCUT2D eigenvalue weighted by Crippen LogP contribution is -2.47. The Morgan fingerprint density at radius 1 is 1.33 bits per heavy atom. The van der Waals surface area contributed by atoms with Gasteiger partial charge in [0.25, 0.3) is 0 Å². The molecule has 1 fully saturated rings. The number of likely N-dealkylation sites (tertiary alicyclic amines) is 1. The summed E-state index contributed by atoms with van der Waals surface area (Å²) in [7, 11) is 0. The van der Waals surface area contributed by atoms with Crippen molar-refractivity contribution in [3.8, 4) is 0 Å². The molecule has 1 aliphatic heterocycles. The summed E-state index contributed by atoms with van der Waals surface area (Å²) in [6.07, 6.45) is -0.863. The number of hydrogen-bond acceptors (Lipinski definition) is 2. The maximum atomic E-state index is 10.8. The van der Waals surface area contributed by atoms with Gasteiger partial charge in [-0.15, -0.1) is 0 Å². The lowest BCUT2D eigenvalue weighted by Gasteiger charge is -2.37. The quantitative estimate of drug-likeness (QED) is 0.804. The van der Waals surface area contributed by atoms with Crippen LogP contribution in [0, 0.1) is 0 Å². The Balaban J connectivity index is 1.98. The summed E-state index contributed by atoms with van der Waals surface area (Å²) in [5.74, 6) is 0.218. The van der Waals surface area contributed by atoms with Gasteiger partial charge in [-0.2, -0.15) is 0 Å². The number of rotatable bonds is 1. The third-order valence-electron chi connectivity index (χ3n) is 3.31. The Bertz CT molecular complexity index is 623. The predicted molar refractivity (Wildman–Crippen MR) is 69.1 cm³/mol. The summed E-state index contributed by atoms with van der Waals surface area (Å²) in [6.45, 7) is 1.06. The van der Waals surface area contributed by atoms with E-state index in [1.165, 1.54) is 4.90 Å². The Labute approximate surface area is 109 Å². The van der Waals surface area contributed by atoms with E-state index >= 15 is 0 Å². The number of nitrogens with zero attached hydrogens (tertiary/aromatic N) is 2. The minimum absolute atomic E-state index is 0.218. The molecule has 0 radical (unpaired) electrons. The molecule has 1 amide bonds. The number of halogens is 1. The first-order valence-corrected chi connectivity index (χ1v) is 6.06. The molecule has 0 atom stereocenters. The molecule has 0 saturated carbocycles. The van der Waals surface area contributed by atoms with Gasteiger partial charge in [-0.05, 0) is 17.7 Å². The van der Waals surface area contributed by atoms with Crippen LogP contribution in [-0.2, 0) is 0 Å². The van der Waals surface area contributed by atoms with Gasteiger partial charge in [-0.25, -0.2) is 9.78 Å². The van der Waals surface area contributed by atoms with E-state index < -0.39 is 6.09 Å². The van der Waals surface area contributed by atoms with Crippen molar-refractivity contribution in [3.05, 3.63) is 41.0 Å². The van der Waals surface area contributed by atoms with Gasteiger partial charge in [0.2, 0.25) is 0 Å². The number of benzene rings is 1. The number of amides is 1. The van der Waals surface area contributed by atoms with E-state index in [1.54, 1.807) is 6.07 Å².